The highest BCUT2D eigenvalue weighted by Crippen LogP contribution is 2.15. The highest BCUT2D eigenvalue weighted by molar-refractivity contribution is 5.92. The van der Waals surface area contributed by atoms with E-state index < -0.39 is 0 Å². The van der Waals surface area contributed by atoms with Gasteiger partial charge in [-0.25, -0.2) is 0 Å². The number of carbonyl (C=O) groups is 1. The second-order valence-corrected chi connectivity index (χ2v) is 4.91. The van der Waals surface area contributed by atoms with Gasteiger partial charge in [0, 0.05) is 5.69 Å². The molecule has 1 aromatic rings. The highest BCUT2D eigenvalue weighted by atomic mass is 16.5. The molecule has 98 valence electrons. The van der Waals surface area contributed by atoms with Crippen LogP contribution in [0.15, 0.2) is 18.2 Å². The zero-order valence-electron chi connectivity index (χ0n) is 11.1. The zero-order chi connectivity index (χ0) is 13.0. The van der Waals surface area contributed by atoms with Crippen molar-refractivity contribution in [3.63, 3.8) is 0 Å². The Labute approximate surface area is 108 Å². The number of hydrogen-bond acceptors (Lipinski definition) is 2. The molecule has 0 radical (unpaired) electrons. The van der Waals surface area contributed by atoms with Crippen molar-refractivity contribution in [2.75, 3.05) is 38.2 Å². The third kappa shape index (κ3) is 3.55. The van der Waals surface area contributed by atoms with Crippen LogP contribution in [-0.4, -0.2) is 38.8 Å². The van der Waals surface area contributed by atoms with Gasteiger partial charge in [0.25, 0.3) is 5.91 Å². The molecule has 1 aliphatic heterocycles. The number of amides is 1. The Bertz CT molecular complexity index is 426. The van der Waals surface area contributed by atoms with Gasteiger partial charge in [-0.05, 0) is 31.0 Å². The van der Waals surface area contributed by atoms with Gasteiger partial charge in [0.2, 0.25) is 0 Å². The van der Waals surface area contributed by atoms with Crippen molar-refractivity contribution in [1.82, 2.24) is 0 Å². The maximum Gasteiger partial charge on any atom is 0.279 e. The van der Waals surface area contributed by atoms with Gasteiger partial charge in [0.15, 0.2) is 6.54 Å². The number of quaternary nitrogens is 1. The topological polar surface area (TPSA) is 42.8 Å². The first-order valence-corrected chi connectivity index (χ1v) is 6.43. The second kappa shape index (κ2) is 5.98. The lowest BCUT2D eigenvalue weighted by Gasteiger charge is -2.23. The predicted octanol–water partition coefficient (Wildman–Crippen LogP) is 0.157. The lowest BCUT2D eigenvalue weighted by molar-refractivity contribution is -0.899. The number of ether oxygens (including phenoxy) is 1. The molecular formula is C14H21N2O2+. The third-order valence-corrected chi connectivity index (χ3v) is 3.28. The minimum atomic E-state index is 0.0839. The smallest absolute Gasteiger partial charge is 0.279 e. The van der Waals surface area contributed by atoms with Crippen molar-refractivity contribution in [1.29, 1.82) is 0 Å². The fourth-order valence-electron chi connectivity index (χ4n) is 2.13. The Morgan fingerprint density at radius 1 is 1.33 bits per heavy atom. The molecule has 1 aliphatic rings. The molecule has 1 heterocycles. The number of nitrogens with one attached hydrogen (secondary N) is 2. The third-order valence-electron chi connectivity index (χ3n) is 3.28. The Morgan fingerprint density at radius 3 is 2.78 bits per heavy atom. The lowest BCUT2D eigenvalue weighted by atomic mass is 10.1. The fraction of sp³-hybridized carbons (Fsp3) is 0.500. The molecule has 0 aliphatic carbocycles. The zero-order valence-corrected chi connectivity index (χ0v) is 11.1. The van der Waals surface area contributed by atoms with Crippen molar-refractivity contribution in [3.8, 4) is 0 Å². The molecule has 4 heteroatoms. The van der Waals surface area contributed by atoms with Crippen molar-refractivity contribution < 1.29 is 14.4 Å². The average Bonchev–Trinajstić information content (AvgIpc) is 2.35. The Kier molecular flexibility index (Phi) is 4.33. The van der Waals surface area contributed by atoms with Crippen LogP contribution in [0.4, 0.5) is 5.69 Å². The van der Waals surface area contributed by atoms with Gasteiger partial charge >= 0.3 is 0 Å². The molecule has 1 fully saturated rings. The number of carbonyl (C=O) groups excluding carboxylic acids is 1. The molecule has 0 saturated carbocycles. The molecule has 1 aromatic carbocycles. The molecule has 0 atom stereocenters. The molecule has 2 N–H and O–H groups in total. The van der Waals surface area contributed by atoms with E-state index in [0.717, 1.165) is 43.1 Å². The largest absolute Gasteiger partial charge is 0.370 e. The molecule has 1 amide bonds. The summed E-state index contributed by atoms with van der Waals surface area (Å²) >= 11 is 0. The number of benzene rings is 1. The lowest BCUT2D eigenvalue weighted by Crippen LogP contribution is -3.15. The van der Waals surface area contributed by atoms with Gasteiger partial charge in [-0.1, -0.05) is 12.1 Å². The predicted molar refractivity (Wildman–Crippen MR) is 70.9 cm³/mol. The van der Waals surface area contributed by atoms with E-state index in [4.69, 9.17) is 4.74 Å². The molecule has 18 heavy (non-hydrogen) atoms. The molecule has 1 saturated heterocycles. The fourth-order valence-corrected chi connectivity index (χ4v) is 2.13. The molecular weight excluding hydrogens is 228 g/mol. The van der Waals surface area contributed by atoms with Crippen LogP contribution < -0.4 is 10.2 Å². The summed E-state index contributed by atoms with van der Waals surface area (Å²) in [6.07, 6.45) is 0. The van der Waals surface area contributed by atoms with Crippen LogP contribution in [0.3, 0.4) is 0 Å². The number of aryl methyl sites for hydroxylation is 2. The normalized spacial score (nSPS) is 16.6. The first kappa shape index (κ1) is 13.1. The number of anilines is 1. The summed E-state index contributed by atoms with van der Waals surface area (Å²) < 4.78 is 5.28. The van der Waals surface area contributed by atoms with Crippen LogP contribution in [0, 0.1) is 13.8 Å². The van der Waals surface area contributed by atoms with Gasteiger partial charge in [-0.3, -0.25) is 4.79 Å². The molecule has 0 spiro atoms. The maximum absolute atomic E-state index is 12.0. The monoisotopic (exact) mass is 249 g/mol. The number of rotatable bonds is 3. The molecule has 0 bridgehead atoms. The quantitative estimate of drug-likeness (QED) is 0.801. The van der Waals surface area contributed by atoms with Crippen LogP contribution in [0.5, 0.6) is 0 Å². The number of hydrogen-bond donors (Lipinski definition) is 2. The average molecular weight is 249 g/mol. The van der Waals surface area contributed by atoms with E-state index >= 15 is 0 Å². The highest BCUT2D eigenvalue weighted by Gasteiger charge is 2.17. The molecule has 0 aromatic heterocycles. The Morgan fingerprint density at radius 2 is 2.06 bits per heavy atom. The number of morpholine rings is 1. The van der Waals surface area contributed by atoms with Gasteiger partial charge in [-0.15, -0.1) is 0 Å². The van der Waals surface area contributed by atoms with Gasteiger partial charge in [0.1, 0.15) is 13.1 Å². The van der Waals surface area contributed by atoms with E-state index in [2.05, 4.69) is 11.4 Å². The summed E-state index contributed by atoms with van der Waals surface area (Å²) in [5, 5.41) is 3.00. The van der Waals surface area contributed by atoms with Gasteiger partial charge in [0.05, 0.1) is 13.2 Å². The minimum Gasteiger partial charge on any atom is -0.370 e. The summed E-state index contributed by atoms with van der Waals surface area (Å²) in [7, 11) is 0. The van der Waals surface area contributed by atoms with Crippen LogP contribution in [0.2, 0.25) is 0 Å². The summed E-state index contributed by atoms with van der Waals surface area (Å²) in [4.78, 5) is 13.3. The van der Waals surface area contributed by atoms with Crippen molar-refractivity contribution in [2.24, 2.45) is 0 Å². The van der Waals surface area contributed by atoms with Crippen molar-refractivity contribution >= 4 is 11.6 Å². The maximum atomic E-state index is 12.0. The minimum absolute atomic E-state index is 0.0839. The van der Waals surface area contributed by atoms with Crippen molar-refractivity contribution in [3.05, 3.63) is 29.3 Å². The van der Waals surface area contributed by atoms with Crippen LogP contribution in [0.1, 0.15) is 11.1 Å². The summed E-state index contributed by atoms with van der Waals surface area (Å²) in [6.45, 7) is 7.91. The molecule has 0 unspecified atom stereocenters. The summed E-state index contributed by atoms with van der Waals surface area (Å²) in [5.74, 6) is 0.0839. The second-order valence-electron chi connectivity index (χ2n) is 4.91. The first-order valence-electron chi connectivity index (χ1n) is 6.43. The summed E-state index contributed by atoms with van der Waals surface area (Å²) in [5.41, 5.74) is 3.19. The van der Waals surface area contributed by atoms with E-state index in [-0.39, 0.29) is 5.91 Å². The SMILES string of the molecule is Cc1ccc(C)c(NC(=O)C[NH+]2CCOCC2)c1. The Hall–Kier alpha value is -1.39. The standard InChI is InChI=1S/C14H20N2O2/c1-11-3-4-12(2)13(9-11)15-14(17)10-16-5-7-18-8-6-16/h3-4,9H,5-8,10H2,1-2H3,(H,15,17)/p+1. The van der Waals surface area contributed by atoms with Crippen LogP contribution >= 0.6 is 0 Å². The molecule has 2 rings (SSSR count). The first-order chi connectivity index (χ1) is 8.65. The Balaban J connectivity index is 1.92. The van der Waals surface area contributed by atoms with Crippen LogP contribution in [0.25, 0.3) is 0 Å². The van der Waals surface area contributed by atoms with E-state index in [0.29, 0.717) is 6.54 Å². The van der Waals surface area contributed by atoms with Gasteiger partial charge in [-0.2, -0.15) is 0 Å². The van der Waals surface area contributed by atoms with E-state index in [9.17, 15) is 4.79 Å². The van der Waals surface area contributed by atoms with E-state index in [1.165, 1.54) is 4.90 Å². The van der Waals surface area contributed by atoms with Crippen molar-refractivity contribution in [2.45, 2.75) is 13.8 Å². The van der Waals surface area contributed by atoms with E-state index in [1.54, 1.807) is 0 Å². The van der Waals surface area contributed by atoms with E-state index in [1.807, 2.05) is 26.0 Å². The summed E-state index contributed by atoms with van der Waals surface area (Å²) in [6, 6.07) is 6.10. The van der Waals surface area contributed by atoms with Gasteiger partial charge < -0.3 is 15.0 Å². The molecule has 4 nitrogen and oxygen atoms in total. The van der Waals surface area contributed by atoms with Crippen LogP contribution in [-0.2, 0) is 9.53 Å².